The van der Waals surface area contributed by atoms with E-state index < -0.39 is 0 Å². The molecule has 0 bridgehead atoms. The molecule has 5 heteroatoms. The van der Waals surface area contributed by atoms with Crippen molar-refractivity contribution >= 4 is 17.5 Å². The molecule has 1 amide bonds. The number of hydrogen-bond acceptors (Lipinski definition) is 3. The highest BCUT2D eigenvalue weighted by molar-refractivity contribution is 6.18. The van der Waals surface area contributed by atoms with E-state index in [2.05, 4.69) is 0 Å². The summed E-state index contributed by atoms with van der Waals surface area (Å²) < 4.78 is 10.5. The minimum Gasteiger partial charge on any atom is -0.469 e. The van der Waals surface area contributed by atoms with E-state index >= 15 is 0 Å². The molecule has 0 N–H and O–H groups in total. The third kappa shape index (κ3) is 2.39. The molecule has 88 valence electrons. The first kappa shape index (κ1) is 11.5. The average Bonchev–Trinajstić information content (AvgIpc) is 2.75. The summed E-state index contributed by atoms with van der Waals surface area (Å²) in [4.78, 5) is 13.8. The molecule has 0 aliphatic carbocycles. The number of morpholine rings is 1. The summed E-state index contributed by atoms with van der Waals surface area (Å²) in [6.07, 6.45) is 1.43. The van der Waals surface area contributed by atoms with Crippen molar-refractivity contribution in [3.05, 3.63) is 23.7 Å². The Morgan fingerprint density at radius 2 is 2.50 bits per heavy atom. The normalized spacial score (nSPS) is 21.1. The van der Waals surface area contributed by atoms with Gasteiger partial charge >= 0.3 is 0 Å². The van der Waals surface area contributed by atoms with Crippen molar-refractivity contribution in [2.24, 2.45) is 0 Å². The van der Waals surface area contributed by atoms with Gasteiger partial charge in [-0.05, 0) is 13.0 Å². The number of alkyl halides is 1. The molecule has 0 aromatic carbocycles. The van der Waals surface area contributed by atoms with Crippen LogP contribution in [0.25, 0.3) is 0 Å². The molecule has 1 saturated heterocycles. The van der Waals surface area contributed by atoms with Crippen LogP contribution >= 0.6 is 11.6 Å². The third-order valence-electron chi connectivity index (χ3n) is 2.58. The van der Waals surface area contributed by atoms with Crippen LogP contribution in [0.2, 0.25) is 0 Å². The molecule has 1 atom stereocenters. The summed E-state index contributed by atoms with van der Waals surface area (Å²) in [5.41, 5.74) is 0.590. The van der Waals surface area contributed by atoms with Crippen molar-refractivity contribution in [2.45, 2.75) is 13.0 Å². The molecule has 1 aliphatic heterocycles. The van der Waals surface area contributed by atoms with E-state index in [0.29, 0.717) is 31.1 Å². The van der Waals surface area contributed by atoms with Crippen molar-refractivity contribution in [1.29, 1.82) is 0 Å². The summed E-state index contributed by atoms with van der Waals surface area (Å²) in [6.45, 7) is 3.51. The van der Waals surface area contributed by atoms with Crippen LogP contribution in [0.5, 0.6) is 0 Å². The number of furan rings is 1. The lowest BCUT2D eigenvalue weighted by molar-refractivity contribution is -0.0108. The second kappa shape index (κ2) is 4.89. The highest BCUT2D eigenvalue weighted by atomic mass is 35.5. The standard InChI is InChI=1S/C11H14ClNO3/c1-8-4-9(7-16-8)11(14)13-2-3-15-10(5-12)6-13/h4,7,10H,2-3,5-6H2,1H3. The quantitative estimate of drug-likeness (QED) is 0.742. The van der Waals surface area contributed by atoms with Gasteiger partial charge in [-0.15, -0.1) is 11.6 Å². The average molecular weight is 244 g/mol. The number of carbonyl (C=O) groups is 1. The second-order valence-corrected chi connectivity index (χ2v) is 4.15. The molecule has 2 rings (SSSR count). The molecule has 16 heavy (non-hydrogen) atoms. The van der Waals surface area contributed by atoms with Crippen molar-refractivity contribution < 1.29 is 13.9 Å². The first-order valence-electron chi connectivity index (χ1n) is 5.22. The topological polar surface area (TPSA) is 42.7 Å². The third-order valence-corrected chi connectivity index (χ3v) is 2.92. The van der Waals surface area contributed by atoms with Crippen LogP contribution in [0, 0.1) is 6.92 Å². The first-order chi connectivity index (χ1) is 7.70. The highest BCUT2D eigenvalue weighted by Gasteiger charge is 2.25. The van der Waals surface area contributed by atoms with E-state index in [1.54, 1.807) is 11.0 Å². The summed E-state index contributed by atoms with van der Waals surface area (Å²) in [5, 5.41) is 0. The zero-order chi connectivity index (χ0) is 11.5. The van der Waals surface area contributed by atoms with Gasteiger partial charge in [-0.3, -0.25) is 4.79 Å². The smallest absolute Gasteiger partial charge is 0.257 e. The predicted molar refractivity (Wildman–Crippen MR) is 59.8 cm³/mol. The largest absolute Gasteiger partial charge is 0.469 e. The zero-order valence-corrected chi connectivity index (χ0v) is 9.87. The van der Waals surface area contributed by atoms with Crippen LogP contribution in [0.3, 0.4) is 0 Å². The van der Waals surface area contributed by atoms with Crippen molar-refractivity contribution in [3.63, 3.8) is 0 Å². The zero-order valence-electron chi connectivity index (χ0n) is 9.11. The monoisotopic (exact) mass is 243 g/mol. The van der Waals surface area contributed by atoms with E-state index in [1.807, 2.05) is 6.92 Å². The molecule has 4 nitrogen and oxygen atoms in total. The fourth-order valence-corrected chi connectivity index (χ4v) is 1.92. The van der Waals surface area contributed by atoms with Gasteiger partial charge in [-0.25, -0.2) is 0 Å². The van der Waals surface area contributed by atoms with E-state index in [9.17, 15) is 4.79 Å². The van der Waals surface area contributed by atoms with Crippen LogP contribution in [-0.2, 0) is 4.74 Å². The van der Waals surface area contributed by atoms with Crippen molar-refractivity contribution in [1.82, 2.24) is 4.90 Å². The van der Waals surface area contributed by atoms with Gasteiger partial charge in [0.2, 0.25) is 0 Å². The Kier molecular flexibility index (Phi) is 3.51. The molecule has 0 saturated carbocycles. The van der Waals surface area contributed by atoms with Crippen LogP contribution in [0.4, 0.5) is 0 Å². The lowest BCUT2D eigenvalue weighted by atomic mass is 10.2. The summed E-state index contributed by atoms with van der Waals surface area (Å²) in [6, 6.07) is 1.74. The van der Waals surface area contributed by atoms with Gasteiger partial charge in [0.25, 0.3) is 5.91 Å². The summed E-state index contributed by atoms with van der Waals surface area (Å²) in [5.74, 6) is 1.13. The van der Waals surface area contributed by atoms with Gasteiger partial charge < -0.3 is 14.1 Å². The van der Waals surface area contributed by atoms with Crippen LogP contribution in [0.1, 0.15) is 16.1 Å². The fraction of sp³-hybridized carbons (Fsp3) is 0.545. The van der Waals surface area contributed by atoms with Crippen molar-refractivity contribution in [3.8, 4) is 0 Å². The molecule has 1 aromatic heterocycles. The van der Waals surface area contributed by atoms with Crippen LogP contribution in [0.15, 0.2) is 16.7 Å². The van der Waals surface area contributed by atoms with Crippen LogP contribution in [-0.4, -0.2) is 42.5 Å². The number of ether oxygens (including phenoxy) is 1. The maximum atomic E-state index is 12.0. The lowest BCUT2D eigenvalue weighted by Gasteiger charge is -2.31. The van der Waals surface area contributed by atoms with E-state index in [4.69, 9.17) is 20.8 Å². The maximum absolute atomic E-state index is 12.0. The Morgan fingerprint density at radius 3 is 3.12 bits per heavy atom. The first-order valence-corrected chi connectivity index (χ1v) is 5.76. The molecular formula is C11H14ClNO3. The summed E-state index contributed by atoms with van der Waals surface area (Å²) in [7, 11) is 0. The number of aryl methyl sites for hydroxylation is 1. The molecule has 1 unspecified atom stereocenters. The van der Waals surface area contributed by atoms with Gasteiger partial charge in [-0.1, -0.05) is 0 Å². The molecule has 1 aliphatic rings. The molecular weight excluding hydrogens is 230 g/mol. The molecule has 1 fully saturated rings. The number of rotatable bonds is 2. The number of hydrogen-bond donors (Lipinski definition) is 0. The number of nitrogens with zero attached hydrogens (tertiary/aromatic N) is 1. The van der Waals surface area contributed by atoms with E-state index in [-0.39, 0.29) is 12.0 Å². The van der Waals surface area contributed by atoms with E-state index in [0.717, 1.165) is 5.76 Å². The van der Waals surface area contributed by atoms with E-state index in [1.165, 1.54) is 6.26 Å². The van der Waals surface area contributed by atoms with Crippen LogP contribution < -0.4 is 0 Å². The summed E-state index contributed by atoms with van der Waals surface area (Å²) >= 11 is 5.72. The Balaban J connectivity index is 2.04. The molecule has 0 spiro atoms. The Bertz CT molecular complexity index is 377. The fourth-order valence-electron chi connectivity index (χ4n) is 1.74. The Morgan fingerprint density at radius 1 is 1.69 bits per heavy atom. The highest BCUT2D eigenvalue weighted by Crippen LogP contribution is 2.13. The molecule has 0 radical (unpaired) electrons. The maximum Gasteiger partial charge on any atom is 0.257 e. The number of carbonyl (C=O) groups excluding carboxylic acids is 1. The van der Waals surface area contributed by atoms with Gasteiger partial charge in [-0.2, -0.15) is 0 Å². The predicted octanol–water partition coefficient (Wildman–Crippen LogP) is 1.67. The Labute approximate surface area is 99.1 Å². The molecule has 1 aromatic rings. The second-order valence-electron chi connectivity index (χ2n) is 3.84. The minimum absolute atomic E-state index is 0.0183. The number of amides is 1. The SMILES string of the molecule is Cc1cc(C(=O)N2CCOC(CCl)C2)co1. The minimum atomic E-state index is -0.0626. The van der Waals surface area contributed by atoms with Gasteiger partial charge in [0, 0.05) is 13.1 Å². The Hall–Kier alpha value is -1.00. The van der Waals surface area contributed by atoms with Gasteiger partial charge in [0.05, 0.1) is 24.2 Å². The molecule has 2 heterocycles. The number of halogens is 1. The lowest BCUT2D eigenvalue weighted by Crippen LogP contribution is -2.46. The van der Waals surface area contributed by atoms with Crippen molar-refractivity contribution in [2.75, 3.05) is 25.6 Å². The van der Waals surface area contributed by atoms with Gasteiger partial charge in [0.1, 0.15) is 12.0 Å². The van der Waals surface area contributed by atoms with Gasteiger partial charge in [0.15, 0.2) is 0 Å².